The fraction of sp³-hybridized carbons (Fsp3) is 0.286. The van der Waals surface area contributed by atoms with E-state index < -0.39 is 23.8 Å². The number of nitrogens with zero attached hydrogens (tertiary/aromatic N) is 3. The number of ether oxygens (including phenoxy) is 2. The standard InChI is InChI=1S/C14H13N3O6S/c1-3-22-13(20)11(18)17(12(19)14(21)23-4-2)8-5-6-10-9(7-8)15-16-24-10/h5-7H,3-4H2,1-2H3. The highest BCUT2D eigenvalue weighted by molar-refractivity contribution is 7.12. The van der Waals surface area contributed by atoms with Gasteiger partial charge in [0.1, 0.15) is 5.52 Å². The van der Waals surface area contributed by atoms with Crippen molar-refractivity contribution in [1.29, 1.82) is 0 Å². The van der Waals surface area contributed by atoms with Crippen molar-refractivity contribution in [3.05, 3.63) is 18.2 Å². The highest BCUT2D eigenvalue weighted by Crippen LogP contribution is 2.23. The van der Waals surface area contributed by atoms with Crippen molar-refractivity contribution >= 4 is 51.2 Å². The van der Waals surface area contributed by atoms with Crippen LogP contribution in [0.4, 0.5) is 5.69 Å². The summed E-state index contributed by atoms with van der Waals surface area (Å²) in [5.41, 5.74) is 0.405. The average molecular weight is 351 g/mol. The smallest absolute Gasteiger partial charge is 0.397 e. The molecule has 0 aliphatic rings. The summed E-state index contributed by atoms with van der Waals surface area (Å²) >= 11 is 1.12. The fourth-order valence-electron chi connectivity index (χ4n) is 1.80. The second kappa shape index (κ2) is 7.59. The normalized spacial score (nSPS) is 10.2. The highest BCUT2D eigenvalue weighted by atomic mass is 32.1. The molecule has 0 aliphatic heterocycles. The Morgan fingerprint density at radius 1 is 1.04 bits per heavy atom. The first-order valence-electron chi connectivity index (χ1n) is 6.94. The van der Waals surface area contributed by atoms with Crippen molar-refractivity contribution in [2.75, 3.05) is 18.1 Å². The zero-order chi connectivity index (χ0) is 17.7. The Bertz CT molecular complexity index is 773. The van der Waals surface area contributed by atoms with Crippen LogP contribution in [0.5, 0.6) is 0 Å². The van der Waals surface area contributed by atoms with Gasteiger partial charge in [-0.3, -0.25) is 9.59 Å². The zero-order valence-electron chi connectivity index (χ0n) is 12.8. The van der Waals surface area contributed by atoms with Crippen LogP contribution in [0, 0.1) is 0 Å². The van der Waals surface area contributed by atoms with E-state index in [2.05, 4.69) is 19.1 Å². The van der Waals surface area contributed by atoms with E-state index in [9.17, 15) is 19.2 Å². The predicted molar refractivity (Wildman–Crippen MR) is 83.2 cm³/mol. The van der Waals surface area contributed by atoms with Crippen molar-refractivity contribution in [3.63, 3.8) is 0 Å². The lowest BCUT2D eigenvalue weighted by Crippen LogP contribution is -2.46. The van der Waals surface area contributed by atoms with Crippen molar-refractivity contribution in [1.82, 2.24) is 9.59 Å². The fourth-order valence-corrected chi connectivity index (χ4v) is 2.34. The van der Waals surface area contributed by atoms with Crippen molar-refractivity contribution in [2.45, 2.75) is 13.8 Å². The van der Waals surface area contributed by atoms with Crippen LogP contribution >= 0.6 is 11.5 Å². The first-order chi connectivity index (χ1) is 11.5. The third kappa shape index (κ3) is 3.54. The summed E-state index contributed by atoms with van der Waals surface area (Å²) in [7, 11) is 0. The predicted octanol–water partition coefficient (Wildman–Crippen LogP) is 0.677. The van der Waals surface area contributed by atoms with Gasteiger partial charge in [0.05, 0.1) is 23.6 Å². The molecule has 2 rings (SSSR count). The lowest BCUT2D eigenvalue weighted by molar-refractivity contribution is -0.157. The quantitative estimate of drug-likeness (QED) is 0.585. The molecule has 0 fully saturated rings. The minimum absolute atomic E-state index is 0.00805. The van der Waals surface area contributed by atoms with Gasteiger partial charge in [-0.15, -0.1) is 5.10 Å². The molecule has 9 nitrogen and oxygen atoms in total. The molecule has 0 radical (unpaired) electrons. The van der Waals surface area contributed by atoms with Gasteiger partial charge in [0.15, 0.2) is 0 Å². The minimum atomic E-state index is -1.29. The van der Waals surface area contributed by atoms with Gasteiger partial charge in [0.25, 0.3) is 0 Å². The largest absolute Gasteiger partial charge is 0.459 e. The number of benzene rings is 1. The molecule has 0 saturated heterocycles. The number of fused-ring (bicyclic) bond motifs is 1. The molecule has 0 spiro atoms. The number of amides is 2. The maximum Gasteiger partial charge on any atom is 0.397 e. The number of imide groups is 1. The van der Waals surface area contributed by atoms with E-state index >= 15 is 0 Å². The van der Waals surface area contributed by atoms with E-state index in [1.807, 2.05) is 0 Å². The molecular weight excluding hydrogens is 338 g/mol. The highest BCUT2D eigenvalue weighted by Gasteiger charge is 2.35. The monoisotopic (exact) mass is 351 g/mol. The number of carbonyl (C=O) groups excluding carboxylic acids is 4. The van der Waals surface area contributed by atoms with Crippen molar-refractivity contribution in [2.24, 2.45) is 0 Å². The third-order valence-corrected chi connectivity index (χ3v) is 3.50. The second-order valence-electron chi connectivity index (χ2n) is 4.31. The minimum Gasteiger partial charge on any atom is -0.459 e. The van der Waals surface area contributed by atoms with Crippen LogP contribution in [0.25, 0.3) is 10.2 Å². The van der Waals surface area contributed by atoms with Gasteiger partial charge in [-0.05, 0) is 43.6 Å². The van der Waals surface area contributed by atoms with Gasteiger partial charge in [-0.2, -0.15) is 0 Å². The number of esters is 2. The van der Waals surface area contributed by atoms with E-state index in [4.69, 9.17) is 0 Å². The maximum absolute atomic E-state index is 12.2. The summed E-state index contributed by atoms with van der Waals surface area (Å²) in [5, 5.41) is 3.83. The van der Waals surface area contributed by atoms with Crippen LogP contribution in [-0.2, 0) is 28.7 Å². The molecule has 126 valence electrons. The lowest BCUT2D eigenvalue weighted by atomic mass is 10.2. The molecule has 1 aromatic heterocycles. The molecule has 1 heterocycles. The molecule has 1 aromatic carbocycles. The number of anilines is 1. The van der Waals surface area contributed by atoms with Crippen molar-refractivity contribution in [3.8, 4) is 0 Å². The third-order valence-electron chi connectivity index (χ3n) is 2.79. The molecule has 0 saturated carbocycles. The van der Waals surface area contributed by atoms with Crippen LogP contribution in [0.1, 0.15) is 13.8 Å². The van der Waals surface area contributed by atoms with Crippen LogP contribution in [0.15, 0.2) is 18.2 Å². The van der Waals surface area contributed by atoms with Gasteiger partial charge in [-0.1, -0.05) is 4.49 Å². The SMILES string of the molecule is CCOC(=O)C(=O)N(C(=O)C(=O)OCC)c1ccc2snnc2c1. The molecule has 0 N–H and O–H groups in total. The van der Waals surface area contributed by atoms with Crippen LogP contribution in [-0.4, -0.2) is 46.6 Å². The first-order valence-corrected chi connectivity index (χ1v) is 7.71. The first kappa shape index (κ1) is 17.5. The average Bonchev–Trinajstić information content (AvgIpc) is 3.03. The molecule has 0 bridgehead atoms. The summed E-state index contributed by atoms with van der Waals surface area (Å²) in [6, 6.07) is 4.34. The molecular formula is C14H13N3O6S. The van der Waals surface area contributed by atoms with E-state index in [1.165, 1.54) is 26.0 Å². The Morgan fingerprint density at radius 2 is 1.62 bits per heavy atom. The number of hydrogen-bond acceptors (Lipinski definition) is 9. The van der Waals surface area contributed by atoms with E-state index in [1.54, 1.807) is 6.07 Å². The molecule has 24 heavy (non-hydrogen) atoms. The molecule has 0 atom stereocenters. The van der Waals surface area contributed by atoms with Gasteiger partial charge in [0.2, 0.25) is 0 Å². The van der Waals surface area contributed by atoms with Gasteiger partial charge < -0.3 is 9.47 Å². The molecule has 10 heteroatoms. The van der Waals surface area contributed by atoms with E-state index in [-0.39, 0.29) is 18.9 Å². The number of rotatable bonds is 3. The lowest BCUT2D eigenvalue weighted by Gasteiger charge is -2.18. The second-order valence-corrected chi connectivity index (χ2v) is 5.10. The van der Waals surface area contributed by atoms with Gasteiger partial charge >= 0.3 is 23.8 Å². The van der Waals surface area contributed by atoms with Gasteiger partial charge in [0, 0.05) is 0 Å². The Kier molecular flexibility index (Phi) is 5.53. The Morgan fingerprint density at radius 3 is 2.17 bits per heavy atom. The Balaban J connectivity index is 2.44. The summed E-state index contributed by atoms with van der Waals surface area (Å²) in [5.74, 6) is -5.10. The Hall–Kier alpha value is -2.88. The summed E-state index contributed by atoms with van der Waals surface area (Å²) in [6.45, 7) is 2.91. The van der Waals surface area contributed by atoms with Crippen LogP contribution in [0.2, 0.25) is 0 Å². The topological polar surface area (TPSA) is 116 Å². The Labute approximate surface area is 140 Å². The molecule has 2 aromatic rings. The summed E-state index contributed by atoms with van der Waals surface area (Å²) in [4.78, 5) is 48.3. The van der Waals surface area contributed by atoms with Gasteiger partial charge in [-0.25, -0.2) is 14.5 Å². The van der Waals surface area contributed by atoms with E-state index in [0.29, 0.717) is 15.1 Å². The van der Waals surface area contributed by atoms with Crippen molar-refractivity contribution < 1.29 is 28.7 Å². The molecule has 0 unspecified atom stereocenters. The summed E-state index contributed by atoms with van der Waals surface area (Å²) < 4.78 is 13.7. The molecule has 2 amide bonds. The summed E-state index contributed by atoms with van der Waals surface area (Å²) in [6.07, 6.45) is 0. The molecule has 0 aliphatic carbocycles. The van der Waals surface area contributed by atoms with E-state index in [0.717, 1.165) is 11.5 Å². The van der Waals surface area contributed by atoms with Crippen LogP contribution < -0.4 is 4.90 Å². The zero-order valence-corrected chi connectivity index (χ0v) is 13.7. The maximum atomic E-state index is 12.2. The number of aromatic nitrogens is 2. The number of hydrogen-bond donors (Lipinski definition) is 0. The number of carbonyl (C=O) groups is 4. The van der Waals surface area contributed by atoms with Crippen LogP contribution in [0.3, 0.4) is 0 Å².